The van der Waals surface area contributed by atoms with Gasteiger partial charge < -0.3 is 19.9 Å². The van der Waals surface area contributed by atoms with Gasteiger partial charge in [-0.2, -0.15) is 0 Å². The lowest BCUT2D eigenvalue weighted by Crippen LogP contribution is -2.42. The zero-order valence-electron chi connectivity index (χ0n) is 16.3. The Morgan fingerprint density at radius 3 is 2.61 bits per heavy atom. The molecule has 1 aromatic carbocycles. The van der Waals surface area contributed by atoms with E-state index in [0.29, 0.717) is 31.1 Å². The average molecular weight is 382 g/mol. The van der Waals surface area contributed by atoms with E-state index in [9.17, 15) is 9.59 Å². The number of anilines is 2. The van der Waals surface area contributed by atoms with Gasteiger partial charge in [0.2, 0.25) is 0 Å². The Labute approximate surface area is 165 Å². The highest BCUT2D eigenvalue weighted by molar-refractivity contribution is 6.06. The molecule has 1 aromatic heterocycles. The van der Waals surface area contributed by atoms with Gasteiger partial charge in [-0.1, -0.05) is 18.2 Å². The second kappa shape index (κ2) is 9.21. The van der Waals surface area contributed by atoms with Crippen LogP contribution in [0.3, 0.4) is 0 Å². The van der Waals surface area contributed by atoms with E-state index >= 15 is 0 Å². The first-order chi connectivity index (χ1) is 13.6. The third kappa shape index (κ3) is 4.79. The van der Waals surface area contributed by atoms with Crippen molar-refractivity contribution in [2.24, 2.45) is 0 Å². The van der Waals surface area contributed by atoms with Crippen LogP contribution in [0.4, 0.5) is 16.3 Å². The van der Waals surface area contributed by atoms with Gasteiger partial charge in [-0.25, -0.2) is 9.78 Å². The molecule has 7 heteroatoms. The molecule has 3 rings (SSSR count). The van der Waals surface area contributed by atoms with E-state index in [1.165, 1.54) is 0 Å². The molecule has 1 saturated heterocycles. The first-order valence-corrected chi connectivity index (χ1v) is 9.56. The Morgan fingerprint density at radius 2 is 1.93 bits per heavy atom. The molecule has 2 amide bonds. The van der Waals surface area contributed by atoms with Gasteiger partial charge in [0.15, 0.2) is 0 Å². The lowest BCUT2D eigenvalue weighted by molar-refractivity contribution is 0.0977. The molecule has 1 fully saturated rings. The number of pyridine rings is 1. The number of ether oxygens (including phenoxy) is 1. The molecule has 148 valence electrons. The molecule has 2 aromatic rings. The smallest absolute Gasteiger partial charge is 0.409 e. The van der Waals surface area contributed by atoms with Crippen LogP contribution in [0.5, 0.6) is 0 Å². The van der Waals surface area contributed by atoms with Crippen LogP contribution < -0.4 is 10.2 Å². The molecule has 1 N–H and O–H groups in total. The molecule has 2 heterocycles. The number of nitrogens with zero attached hydrogens (tertiary/aromatic N) is 3. The molecular formula is C21H26N4O3. The van der Waals surface area contributed by atoms with Crippen molar-refractivity contribution in [3.63, 3.8) is 0 Å². The Bertz CT molecular complexity index is 804. The lowest BCUT2D eigenvalue weighted by Gasteiger charge is -2.31. The summed E-state index contributed by atoms with van der Waals surface area (Å²) in [5.41, 5.74) is 1.41. The number of carbonyl (C=O) groups excluding carboxylic acids is 2. The Morgan fingerprint density at radius 1 is 1.21 bits per heavy atom. The molecule has 7 nitrogen and oxygen atoms in total. The molecule has 0 spiro atoms. The molecule has 0 radical (unpaired) electrons. The van der Waals surface area contributed by atoms with Gasteiger partial charge in [0.25, 0.3) is 5.91 Å². The van der Waals surface area contributed by atoms with Crippen molar-refractivity contribution in [2.45, 2.75) is 25.8 Å². The van der Waals surface area contributed by atoms with Gasteiger partial charge in [0.05, 0.1) is 6.61 Å². The van der Waals surface area contributed by atoms with Crippen LogP contribution in [-0.4, -0.2) is 54.7 Å². The van der Waals surface area contributed by atoms with Crippen molar-refractivity contribution >= 4 is 23.5 Å². The number of para-hydroxylation sites is 1. The van der Waals surface area contributed by atoms with Crippen molar-refractivity contribution in [1.29, 1.82) is 0 Å². The minimum absolute atomic E-state index is 0.0891. The molecule has 0 atom stereocenters. The Kier molecular flexibility index (Phi) is 6.47. The normalized spacial score (nSPS) is 14.4. The van der Waals surface area contributed by atoms with Crippen LogP contribution in [-0.2, 0) is 4.74 Å². The van der Waals surface area contributed by atoms with Crippen LogP contribution in [0.2, 0.25) is 0 Å². The summed E-state index contributed by atoms with van der Waals surface area (Å²) in [6.45, 7) is 3.48. The van der Waals surface area contributed by atoms with Gasteiger partial charge in [-0.3, -0.25) is 4.79 Å². The quantitative estimate of drug-likeness (QED) is 0.858. The second-order valence-corrected chi connectivity index (χ2v) is 6.73. The summed E-state index contributed by atoms with van der Waals surface area (Å²) in [5.74, 6) is 0.579. The molecule has 0 saturated carbocycles. The molecule has 1 aliphatic rings. The highest BCUT2D eigenvalue weighted by Crippen LogP contribution is 2.19. The summed E-state index contributed by atoms with van der Waals surface area (Å²) in [4.78, 5) is 32.3. The van der Waals surface area contributed by atoms with Gasteiger partial charge >= 0.3 is 6.09 Å². The lowest BCUT2D eigenvalue weighted by atomic mass is 10.1. The van der Waals surface area contributed by atoms with E-state index in [-0.39, 0.29) is 18.0 Å². The number of piperidine rings is 1. The van der Waals surface area contributed by atoms with Crippen molar-refractivity contribution < 1.29 is 14.3 Å². The topological polar surface area (TPSA) is 74.8 Å². The predicted molar refractivity (Wildman–Crippen MR) is 109 cm³/mol. The summed E-state index contributed by atoms with van der Waals surface area (Å²) in [6.07, 6.45) is 3.00. The molecule has 0 unspecified atom stereocenters. The van der Waals surface area contributed by atoms with E-state index in [2.05, 4.69) is 10.3 Å². The fourth-order valence-electron chi connectivity index (χ4n) is 3.24. The number of amides is 2. The van der Waals surface area contributed by atoms with Crippen LogP contribution in [0.15, 0.2) is 48.7 Å². The summed E-state index contributed by atoms with van der Waals surface area (Å²) < 4.78 is 5.05. The SMILES string of the molecule is CCOC(=O)N1CCC(Nc2cc(C(=O)N(C)c3ccccc3)ccn2)CC1. The zero-order valence-corrected chi connectivity index (χ0v) is 16.3. The summed E-state index contributed by atoms with van der Waals surface area (Å²) >= 11 is 0. The summed E-state index contributed by atoms with van der Waals surface area (Å²) in [5, 5.41) is 3.39. The average Bonchev–Trinajstić information content (AvgIpc) is 2.74. The summed E-state index contributed by atoms with van der Waals surface area (Å²) in [7, 11) is 1.76. The van der Waals surface area contributed by atoms with Gasteiger partial charge in [-0.05, 0) is 44.0 Å². The van der Waals surface area contributed by atoms with Crippen LogP contribution in [0.25, 0.3) is 0 Å². The van der Waals surface area contributed by atoms with Gasteiger partial charge in [0.1, 0.15) is 5.82 Å². The molecular weight excluding hydrogens is 356 g/mol. The first kappa shape index (κ1) is 19.7. The van der Waals surface area contributed by atoms with Crippen LogP contribution in [0.1, 0.15) is 30.1 Å². The van der Waals surface area contributed by atoms with Crippen molar-refractivity contribution in [2.75, 3.05) is 37.0 Å². The first-order valence-electron chi connectivity index (χ1n) is 9.56. The van der Waals surface area contributed by atoms with E-state index in [4.69, 9.17) is 4.74 Å². The van der Waals surface area contributed by atoms with E-state index < -0.39 is 0 Å². The van der Waals surface area contributed by atoms with E-state index in [0.717, 1.165) is 18.5 Å². The number of rotatable bonds is 5. The number of aromatic nitrogens is 1. The highest BCUT2D eigenvalue weighted by Gasteiger charge is 2.24. The Balaban J connectivity index is 1.60. The molecule has 0 bridgehead atoms. The van der Waals surface area contributed by atoms with Crippen molar-refractivity contribution in [3.05, 3.63) is 54.2 Å². The van der Waals surface area contributed by atoms with E-state index in [1.54, 1.807) is 42.1 Å². The van der Waals surface area contributed by atoms with Gasteiger partial charge in [-0.15, -0.1) is 0 Å². The highest BCUT2D eigenvalue weighted by atomic mass is 16.6. The number of hydrogen-bond acceptors (Lipinski definition) is 5. The largest absolute Gasteiger partial charge is 0.450 e. The van der Waals surface area contributed by atoms with Crippen molar-refractivity contribution in [3.8, 4) is 0 Å². The van der Waals surface area contributed by atoms with Crippen molar-refractivity contribution in [1.82, 2.24) is 9.88 Å². The zero-order chi connectivity index (χ0) is 19.9. The van der Waals surface area contributed by atoms with E-state index in [1.807, 2.05) is 30.3 Å². The summed E-state index contributed by atoms with van der Waals surface area (Å²) in [6, 6.07) is 13.2. The number of hydrogen-bond donors (Lipinski definition) is 1. The number of nitrogens with one attached hydrogen (secondary N) is 1. The number of benzene rings is 1. The Hall–Kier alpha value is -3.09. The molecule has 0 aliphatic carbocycles. The minimum Gasteiger partial charge on any atom is -0.450 e. The van der Waals surface area contributed by atoms with Crippen LogP contribution in [0, 0.1) is 0 Å². The molecule has 28 heavy (non-hydrogen) atoms. The standard InChI is InChI=1S/C21H26N4O3/c1-3-28-21(27)25-13-10-17(11-14-25)23-19-15-16(9-12-22-19)20(26)24(2)18-7-5-4-6-8-18/h4-9,12,15,17H,3,10-11,13-14H2,1-2H3,(H,22,23). The van der Waals surface area contributed by atoms with Crippen LogP contribution >= 0.6 is 0 Å². The fourth-order valence-corrected chi connectivity index (χ4v) is 3.24. The minimum atomic E-state index is -0.254. The van der Waals surface area contributed by atoms with Gasteiger partial charge in [0, 0.05) is 43.6 Å². The third-order valence-electron chi connectivity index (χ3n) is 4.83. The monoisotopic (exact) mass is 382 g/mol. The number of carbonyl (C=O) groups is 2. The maximum Gasteiger partial charge on any atom is 0.409 e. The maximum atomic E-state index is 12.8. The fraction of sp³-hybridized carbons (Fsp3) is 0.381. The third-order valence-corrected chi connectivity index (χ3v) is 4.83. The maximum absolute atomic E-state index is 12.8. The number of likely N-dealkylation sites (tertiary alicyclic amines) is 1. The molecule has 1 aliphatic heterocycles. The second-order valence-electron chi connectivity index (χ2n) is 6.73. The predicted octanol–water partition coefficient (Wildman–Crippen LogP) is 3.39.